The standard InChI is InChI=1S/C14H12N2O2/c1-18-12-5-3-2-4-10(12)14-15-8-9-6-7-11(17)13(9)16-14/h2-5,8H,6-7H2,1H3. The van der Waals surface area contributed by atoms with Crippen LogP contribution >= 0.6 is 0 Å². The van der Waals surface area contributed by atoms with Gasteiger partial charge in [0.2, 0.25) is 0 Å². The molecule has 1 aliphatic carbocycles. The lowest BCUT2D eigenvalue weighted by molar-refractivity contribution is 0.0990. The summed E-state index contributed by atoms with van der Waals surface area (Å²) in [4.78, 5) is 20.4. The number of Topliss-reactive ketones (excluding diaryl/α,β-unsaturated/α-hetero) is 1. The van der Waals surface area contributed by atoms with E-state index in [4.69, 9.17) is 4.74 Å². The zero-order valence-corrected chi connectivity index (χ0v) is 10.0. The fourth-order valence-electron chi connectivity index (χ4n) is 2.16. The first-order valence-corrected chi connectivity index (χ1v) is 5.82. The zero-order valence-electron chi connectivity index (χ0n) is 10.0. The van der Waals surface area contributed by atoms with Crippen LogP contribution in [0.1, 0.15) is 22.5 Å². The molecule has 0 unspecified atom stereocenters. The number of rotatable bonds is 2. The van der Waals surface area contributed by atoms with E-state index < -0.39 is 0 Å². The summed E-state index contributed by atoms with van der Waals surface area (Å²) in [7, 11) is 1.61. The number of carbonyl (C=O) groups is 1. The van der Waals surface area contributed by atoms with Gasteiger partial charge in [0.1, 0.15) is 11.4 Å². The van der Waals surface area contributed by atoms with Crippen LogP contribution in [-0.2, 0) is 6.42 Å². The number of aromatic nitrogens is 2. The van der Waals surface area contributed by atoms with E-state index >= 15 is 0 Å². The van der Waals surface area contributed by atoms with Gasteiger partial charge in [-0.2, -0.15) is 0 Å². The minimum Gasteiger partial charge on any atom is -0.496 e. The van der Waals surface area contributed by atoms with Gasteiger partial charge in [-0.3, -0.25) is 4.79 Å². The first-order valence-electron chi connectivity index (χ1n) is 5.82. The van der Waals surface area contributed by atoms with Gasteiger partial charge in [-0.15, -0.1) is 0 Å². The van der Waals surface area contributed by atoms with E-state index in [-0.39, 0.29) is 5.78 Å². The predicted molar refractivity (Wildman–Crippen MR) is 66.7 cm³/mol. The molecular formula is C14H12N2O2. The summed E-state index contributed by atoms with van der Waals surface area (Å²) in [5, 5.41) is 0. The van der Waals surface area contributed by atoms with Gasteiger partial charge in [0.15, 0.2) is 11.6 Å². The lowest BCUT2D eigenvalue weighted by atomic mass is 10.1. The highest BCUT2D eigenvalue weighted by atomic mass is 16.5. The summed E-state index contributed by atoms with van der Waals surface area (Å²) in [5.74, 6) is 1.35. The average molecular weight is 240 g/mol. The number of ketones is 1. The molecule has 4 heteroatoms. The van der Waals surface area contributed by atoms with Crippen molar-refractivity contribution in [1.82, 2.24) is 9.97 Å². The van der Waals surface area contributed by atoms with Crippen LogP contribution < -0.4 is 4.74 Å². The Kier molecular flexibility index (Phi) is 2.55. The number of benzene rings is 1. The molecule has 3 rings (SSSR count). The number of para-hydroxylation sites is 1. The molecule has 18 heavy (non-hydrogen) atoms. The van der Waals surface area contributed by atoms with Crippen molar-refractivity contribution < 1.29 is 9.53 Å². The Bertz CT molecular complexity index is 623. The molecule has 4 nitrogen and oxygen atoms in total. The SMILES string of the molecule is COc1ccccc1-c1ncc2c(n1)C(=O)CC2. The first kappa shape index (κ1) is 10.9. The van der Waals surface area contributed by atoms with Crippen molar-refractivity contribution in [2.24, 2.45) is 0 Å². The fourth-order valence-corrected chi connectivity index (χ4v) is 2.16. The second kappa shape index (κ2) is 4.22. The summed E-state index contributed by atoms with van der Waals surface area (Å²) in [6.07, 6.45) is 3.04. The molecule has 0 N–H and O–H groups in total. The van der Waals surface area contributed by atoms with Crippen LogP contribution in [0.3, 0.4) is 0 Å². The number of fused-ring (bicyclic) bond motifs is 1. The number of nitrogens with zero attached hydrogens (tertiary/aromatic N) is 2. The van der Waals surface area contributed by atoms with Crippen molar-refractivity contribution >= 4 is 5.78 Å². The Morgan fingerprint density at radius 1 is 1.22 bits per heavy atom. The Hall–Kier alpha value is -2.23. The molecule has 0 amide bonds. The Balaban J connectivity index is 2.13. The third-order valence-electron chi connectivity index (χ3n) is 3.10. The number of aryl methyl sites for hydroxylation is 1. The Morgan fingerprint density at radius 2 is 2.06 bits per heavy atom. The molecule has 2 aromatic rings. The molecule has 0 atom stereocenters. The molecule has 0 fully saturated rings. The van der Waals surface area contributed by atoms with Crippen molar-refractivity contribution in [2.75, 3.05) is 7.11 Å². The summed E-state index contributed by atoms with van der Waals surface area (Å²) >= 11 is 0. The van der Waals surface area contributed by atoms with Crippen LogP contribution in [0.2, 0.25) is 0 Å². The fraction of sp³-hybridized carbons (Fsp3) is 0.214. The van der Waals surface area contributed by atoms with Gasteiger partial charge in [-0.05, 0) is 18.6 Å². The molecule has 0 aliphatic heterocycles. The van der Waals surface area contributed by atoms with Crippen molar-refractivity contribution in [3.63, 3.8) is 0 Å². The second-order valence-corrected chi connectivity index (χ2v) is 4.19. The van der Waals surface area contributed by atoms with Gasteiger partial charge >= 0.3 is 0 Å². The van der Waals surface area contributed by atoms with Crippen molar-refractivity contribution in [3.8, 4) is 17.1 Å². The van der Waals surface area contributed by atoms with Crippen molar-refractivity contribution in [1.29, 1.82) is 0 Å². The number of carbonyl (C=O) groups excluding carboxylic acids is 1. The van der Waals surface area contributed by atoms with Gasteiger partial charge in [-0.1, -0.05) is 12.1 Å². The van der Waals surface area contributed by atoms with Crippen LogP contribution in [0, 0.1) is 0 Å². The van der Waals surface area contributed by atoms with E-state index in [0.29, 0.717) is 23.7 Å². The maximum absolute atomic E-state index is 11.7. The summed E-state index contributed by atoms with van der Waals surface area (Å²) < 4.78 is 5.28. The van der Waals surface area contributed by atoms with E-state index in [1.165, 1.54) is 0 Å². The smallest absolute Gasteiger partial charge is 0.181 e. The molecular weight excluding hydrogens is 228 g/mol. The molecule has 1 aromatic carbocycles. The highest BCUT2D eigenvalue weighted by Crippen LogP contribution is 2.28. The second-order valence-electron chi connectivity index (χ2n) is 4.19. The lowest BCUT2D eigenvalue weighted by Gasteiger charge is -2.07. The molecule has 0 bridgehead atoms. The van der Waals surface area contributed by atoms with Gasteiger partial charge in [0, 0.05) is 18.2 Å². The average Bonchev–Trinajstić information content (AvgIpc) is 2.80. The minimum atomic E-state index is 0.101. The molecule has 1 heterocycles. The summed E-state index contributed by atoms with van der Waals surface area (Å²) in [6.45, 7) is 0. The summed E-state index contributed by atoms with van der Waals surface area (Å²) in [5.41, 5.74) is 2.31. The number of ether oxygens (including phenoxy) is 1. The predicted octanol–water partition coefficient (Wildman–Crippen LogP) is 2.28. The molecule has 0 radical (unpaired) electrons. The van der Waals surface area contributed by atoms with E-state index in [2.05, 4.69) is 9.97 Å². The molecule has 0 spiro atoms. The topological polar surface area (TPSA) is 52.1 Å². The quantitative estimate of drug-likeness (QED) is 0.808. The van der Waals surface area contributed by atoms with Crippen molar-refractivity contribution in [2.45, 2.75) is 12.8 Å². The van der Waals surface area contributed by atoms with Crippen LogP contribution in [0.5, 0.6) is 5.75 Å². The van der Waals surface area contributed by atoms with Crippen LogP contribution in [0.25, 0.3) is 11.4 Å². The van der Waals surface area contributed by atoms with Crippen LogP contribution in [-0.4, -0.2) is 22.9 Å². The maximum atomic E-state index is 11.7. The van der Waals surface area contributed by atoms with Gasteiger partial charge in [-0.25, -0.2) is 9.97 Å². The van der Waals surface area contributed by atoms with Gasteiger partial charge in [0.05, 0.1) is 12.7 Å². The van der Waals surface area contributed by atoms with E-state index in [1.807, 2.05) is 24.3 Å². The summed E-state index contributed by atoms with van der Waals surface area (Å²) in [6, 6.07) is 7.53. The molecule has 0 saturated heterocycles. The minimum absolute atomic E-state index is 0.101. The molecule has 1 aliphatic rings. The lowest BCUT2D eigenvalue weighted by Crippen LogP contribution is -2.00. The van der Waals surface area contributed by atoms with Gasteiger partial charge < -0.3 is 4.74 Å². The maximum Gasteiger partial charge on any atom is 0.181 e. The van der Waals surface area contributed by atoms with E-state index in [1.54, 1.807) is 13.3 Å². The van der Waals surface area contributed by atoms with E-state index in [9.17, 15) is 4.79 Å². The molecule has 90 valence electrons. The monoisotopic (exact) mass is 240 g/mol. The molecule has 0 saturated carbocycles. The largest absolute Gasteiger partial charge is 0.496 e. The Labute approximate surface area is 105 Å². The van der Waals surface area contributed by atoms with Crippen molar-refractivity contribution in [3.05, 3.63) is 41.7 Å². The zero-order chi connectivity index (χ0) is 12.5. The number of methoxy groups -OCH3 is 1. The van der Waals surface area contributed by atoms with Crippen LogP contribution in [0.15, 0.2) is 30.5 Å². The highest BCUT2D eigenvalue weighted by Gasteiger charge is 2.22. The third kappa shape index (κ3) is 1.66. The third-order valence-corrected chi connectivity index (χ3v) is 3.10. The highest BCUT2D eigenvalue weighted by molar-refractivity contribution is 5.98. The van der Waals surface area contributed by atoms with Gasteiger partial charge in [0.25, 0.3) is 0 Å². The Morgan fingerprint density at radius 3 is 2.89 bits per heavy atom. The van der Waals surface area contributed by atoms with Crippen LogP contribution in [0.4, 0.5) is 0 Å². The molecule has 1 aromatic heterocycles. The first-order chi connectivity index (χ1) is 8.79. The normalized spacial score (nSPS) is 13.5. The number of hydrogen-bond donors (Lipinski definition) is 0. The number of hydrogen-bond acceptors (Lipinski definition) is 4. The van der Waals surface area contributed by atoms with E-state index in [0.717, 1.165) is 17.5 Å².